The van der Waals surface area contributed by atoms with Crippen LogP contribution >= 0.6 is 0 Å². The summed E-state index contributed by atoms with van der Waals surface area (Å²) in [6, 6.07) is 0. The molecule has 0 aromatic rings. The van der Waals surface area contributed by atoms with E-state index >= 15 is 0 Å². The summed E-state index contributed by atoms with van der Waals surface area (Å²) in [5.74, 6) is 0. The zero-order chi connectivity index (χ0) is 3.58. The summed E-state index contributed by atoms with van der Waals surface area (Å²) in [6.45, 7) is 0. The first kappa shape index (κ1) is 370. The average molecular weight is 283 g/mol. The van der Waals surface area contributed by atoms with Crippen molar-refractivity contribution in [1.82, 2.24) is 0 Å². The first-order chi connectivity index (χ1) is 1.73. The van der Waals surface area contributed by atoms with Gasteiger partial charge < -0.3 is 64.6 Å². The Labute approximate surface area is 87.4 Å². The van der Waals surface area contributed by atoms with Gasteiger partial charge in [0.25, 0.3) is 0 Å². The molecular formula is H18CoNO12-. The molecule has 0 aromatic heterocycles. The SMILES string of the molecule is O.O.O.O.O.O.O.O.O.O=[N+]([O-])[O-].[Co]. The molecule has 0 heterocycles. The standard InChI is InChI=1S/Co.NO3.9H2O/c;2-1(3)4;;;;;;;;;/h;;9*1H2/q;-1;;;;;;;;;. The minimum atomic E-state index is -1.75. The average Bonchev–Trinajstić information content (AvgIpc) is 0.811. The van der Waals surface area contributed by atoms with Crippen molar-refractivity contribution < 1.29 is 71.2 Å². The number of nitrogens with zero attached hydrogens (tertiary/aromatic N) is 1. The molecule has 0 aromatic carbocycles. The van der Waals surface area contributed by atoms with Crippen molar-refractivity contribution in [2.45, 2.75) is 0 Å². The largest absolute Gasteiger partial charge is 0.412 e. The molecule has 0 bridgehead atoms. The third-order valence-corrected chi connectivity index (χ3v) is 0. The molecule has 0 aliphatic heterocycles. The quantitative estimate of drug-likeness (QED) is 0.308. The van der Waals surface area contributed by atoms with Crippen molar-refractivity contribution >= 4 is 0 Å². The Kier molecular flexibility index (Phi) is 7620. The topological polar surface area (TPSA) is 350 Å². The maximum absolute atomic E-state index is 8.25. The maximum Gasteiger partial charge on any atom is 0.0689 e. The monoisotopic (exact) mass is 283 g/mol. The second-order valence-electron chi connectivity index (χ2n) is 0.224. The van der Waals surface area contributed by atoms with Crippen LogP contribution in [-0.2, 0) is 16.8 Å². The third kappa shape index (κ3) is 2840. The molecule has 13 nitrogen and oxygen atoms in total. The Balaban J connectivity index is -0.000000001000. The van der Waals surface area contributed by atoms with Gasteiger partial charge in [-0.2, -0.15) is 0 Å². The smallest absolute Gasteiger partial charge is 0.0689 e. The van der Waals surface area contributed by atoms with Crippen LogP contribution in [0.2, 0.25) is 0 Å². The van der Waals surface area contributed by atoms with Crippen molar-refractivity contribution in [3.63, 3.8) is 0 Å². The zero-order valence-corrected chi connectivity index (χ0v) is 7.55. The van der Waals surface area contributed by atoms with Crippen molar-refractivity contribution in [2.75, 3.05) is 0 Å². The van der Waals surface area contributed by atoms with Crippen LogP contribution in [-0.4, -0.2) is 54.4 Å². The second-order valence-corrected chi connectivity index (χ2v) is 0.224. The molecule has 0 unspecified atom stereocenters. The fourth-order valence-corrected chi connectivity index (χ4v) is 0. The molecule has 105 valence electrons. The van der Waals surface area contributed by atoms with E-state index in [1.165, 1.54) is 0 Å². The van der Waals surface area contributed by atoms with Gasteiger partial charge in [-0.05, 0) is 0 Å². The molecule has 0 spiro atoms. The van der Waals surface area contributed by atoms with E-state index in [-0.39, 0.29) is 66.1 Å². The Bertz CT molecular complexity index is 33.3. The van der Waals surface area contributed by atoms with E-state index in [1.54, 1.807) is 0 Å². The van der Waals surface area contributed by atoms with E-state index in [0.29, 0.717) is 0 Å². The van der Waals surface area contributed by atoms with Gasteiger partial charge in [-0.15, -0.1) is 0 Å². The first-order valence-electron chi connectivity index (χ1n) is 0.548. The summed E-state index contributed by atoms with van der Waals surface area (Å²) in [5, 5.41) is 14.8. The molecule has 0 saturated carbocycles. The molecule has 14 heavy (non-hydrogen) atoms. The van der Waals surface area contributed by atoms with Gasteiger partial charge in [0, 0.05) is 16.8 Å². The molecule has 0 rings (SSSR count). The minimum Gasteiger partial charge on any atom is -0.412 e. The summed E-state index contributed by atoms with van der Waals surface area (Å²) in [7, 11) is 0. The molecule has 1 radical (unpaired) electrons. The van der Waals surface area contributed by atoms with Gasteiger partial charge in [0.1, 0.15) is 0 Å². The van der Waals surface area contributed by atoms with E-state index < -0.39 is 5.09 Å². The molecule has 14 heteroatoms. The number of hydrogen-bond acceptors (Lipinski definition) is 3. The van der Waals surface area contributed by atoms with Crippen molar-refractivity contribution in [3.8, 4) is 0 Å². The predicted molar refractivity (Wildman–Crippen MR) is 42.9 cm³/mol. The van der Waals surface area contributed by atoms with E-state index in [2.05, 4.69) is 0 Å². The van der Waals surface area contributed by atoms with Crippen LogP contribution in [0, 0.1) is 15.3 Å². The van der Waals surface area contributed by atoms with Crippen LogP contribution in [0.25, 0.3) is 0 Å². The van der Waals surface area contributed by atoms with Gasteiger partial charge in [-0.3, -0.25) is 0 Å². The molecule has 0 aliphatic carbocycles. The molecule has 0 aliphatic rings. The van der Waals surface area contributed by atoms with Crippen LogP contribution < -0.4 is 0 Å². The van der Waals surface area contributed by atoms with Crippen LogP contribution in [0.4, 0.5) is 0 Å². The fourth-order valence-electron chi connectivity index (χ4n) is 0. The Morgan fingerprint density at radius 2 is 0.571 bits per heavy atom. The first-order valence-corrected chi connectivity index (χ1v) is 0.548. The molecular weight excluding hydrogens is 265 g/mol. The van der Waals surface area contributed by atoms with E-state index in [0.717, 1.165) is 0 Å². The molecule has 0 saturated heterocycles. The summed E-state index contributed by atoms with van der Waals surface area (Å²) < 4.78 is 0. The van der Waals surface area contributed by atoms with Gasteiger partial charge in [0.2, 0.25) is 0 Å². The van der Waals surface area contributed by atoms with Crippen LogP contribution in [0.15, 0.2) is 0 Å². The molecule has 0 atom stereocenters. The molecule has 0 fully saturated rings. The second kappa shape index (κ2) is 289. The van der Waals surface area contributed by atoms with Crippen molar-refractivity contribution in [2.24, 2.45) is 0 Å². The fraction of sp³-hybridized carbons (Fsp3) is 0. The number of rotatable bonds is 0. The number of hydrogen-bond donors (Lipinski definition) is 0. The predicted octanol–water partition coefficient (Wildman–Crippen LogP) is -7.66. The molecule has 0 amide bonds. The Hall–Kier alpha value is -0.654. The zero-order valence-electron chi connectivity index (χ0n) is 6.51. The molecule has 18 N–H and O–H groups in total. The van der Waals surface area contributed by atoms with Gasteiger partial charge in [-0.1, -0.05) is 0 Å². The van der Waals surface area contributed by atoms with Gasteiger partial charge >= 0.3 is 0 Å². The van der Waals surface area contributed by atoms with Gasteiger partial charge in [0.05, 0.1) is 5.09 Å². The third-order valence-electron chi connectivity index (χ3n) is 0. The minimum absolute atomic E-state index is 0. The normalized spacial score (nSPS) is 1.71. The van der Waals surface area contributed by atoms with Crippen molar-refractivity contribution in [1.29, 1.82) is 0 Å². The van der Waals surface area contributed by atoms with Crippen molar-refractivity contribution in [3.05, 3.63) is 15.3 Å². The summed E-state index contributed by atoms with van der Waals surface area (Å²) in [5.41, 5.74) is 0. The Morgan fingerprint density at radius 1 is 0.571 bits per heavy atom. The Morgan fingerprint density at radius 3 is 0.571 bits per heavy atom. The summed E-state index contributed by atoms with van der Waals surface area (Å²) in [6.07, 6.45) is 0. The van der Waals surface area contributed by atoms with E-state index in [1.807, 2.05) is 0 Å². The van der Waals surface area contributed by atoms with Crippen LogP contribution in [0.3, 0.4) is 0 Å². The van der Waals surface area contributed by atoms with E-state index in [4.69, 9.17) is 15.3 Å². The summed E-state index contributed by atoms with van der Waals surface area (Å²) >= 11 is 0. The van der Waals surface area contributed by atoms with E-state index in [9.17, 15) is 0 Å². The van der Waals surface area contributed by atoms with Gasteiger partial charge in [0.15, 0.2) is 0 Å². The van der Waals surface area contributed by atoms with Crippen LogP contribution in [0.5, 0.6) is 0 Å². The maximum atomic E-state index is 8.25. The van der Waals surface area contributed by atoms with Crippen LogP contribution in [0.1, 0.15) is 0 Å². The van der Waals surface area contributed by atoms with Gasteiger partial charge in [-0.25, -0.2) is 0 Å². The summed E-state index contributed by atoms with van der Waals surface area (Å²) in [4.78, 5) is 8.25.